The Kier molecular flexibility index (Phi) is 11.9. The Labute approximate surface area is 180 Å². The first kappa shape index (κ1) is 26.0. The molecule has 2 aliphatic rings. The molecule has 0 aromatic heterocycles. The van der Waals surface area contributed by atoms with Crippen molar-refractivity contribution in [3.8, 4) is 6.07 Å². The maximum absolute atomic E-state index is 11.4. The van der Waals surface area contributed by atoms with Crippen LogP contribution in [0.1, 0.15) is 130 Å². The zero-order valence-corrected chi connectivity index (χ0v) is 19.8. The molecule has 0 heterocycles. The van der Waals surface area contributed by atoms with Crippen LogP contribution in [-0.4, -0.2) is 11.1 Å². The molecule has 3 heteroatoms. The third-order valence-electron chi connectivity index (χ3n) is 7.98. The van der Waals surface area contributed by atoms with Gasteiger partial charge in [0.25, 0.3) is 0 Å². The Morgan fingerprint density at radius 2 is 1.21 bits per heavy atom. The topological polar surface area (TPSA) is 61.1 Å². The molecule has 168 valence electrons. The van der Waals surface area contributed by atoms with Gasteiger partial charge in [0.05, 0.1) is 16.9 Å². The molecule has 2 rings (SSSR count). The van der Waals surface area contributed by atoms with E-state index in [1.165, 1.54) is 38.5 Å². The first-order chi connectivity index (χ1) is 13.9. The number of carbonyl (C=O) groups is 1. The fraction of sp³-hybridized carbons (Fsp3) is 0.923. The Morgan fingerprint density at radius 3 is 1.59 bits per heavy atom. The quantitative estimate of drug-likeness (QED) is 0.421. The lowest BCUT2D eigenvalue weighted by molar-refractivity contribution is -0.152. The highest BCUT2D eigenvalue weighted by atomic mass is 16.4. The standard InChI is InChI=1S/C13H23N.C13H24O2/c1-3-12(4-2)10-13(11-14)8-6-5-7-9-13;1-3-11(4-2)10-13(12(14)15)8-6-5-7-9-13/h12H,3-10H2,1-2H3;11H,3-10H2,1-2H3,(H,14,15). The average Bonchev–Trinajstić information content (AvgIpc) is 2.77. The van der Waals surface area contributed by atoms with Crippen LogP contribution >= 0.6 is 0 Å². The van der Waals surface area contributed by atoms with Crippen molar-refractivity contribution in [1.82, 2.24) is 0 Å². The normalized spacial score (nSPS) is 20.6. The molecule has 0 aromatic carbocycles. The number of nitrogens with zero attached hydrogens (tertiary/aromatic N) is 1. The lowest BCUT2D eigenvalue weighted by atomic mass is 9.68. The van der Waals surface area contributed by atoms with Crippen LogP contribution in [0.25, 0.3) is 0 Å². The smallest absolute Gasteiger partial charge is 0.309 e. The molecule has 0 saturated heterocycles. The second-order valence-corrected chi connectivity index (χ2v) is 9.87. The molecule has 3 nitrogen and oxygen atoms in total. The van der Waals surface area contributed by atoms with Gasteiger partial charge in [0.2, 0.25) is 0 Å². The molecule has 29 heavy (non-hydrogen) atoms. The summed E-state index contributed by atoms with van der Waals surface area (Å²) in [5, 5.41) is 18.8. The van der Waals surface area contributed by atoms with Crippen molar-refractivity contribution in [1.29, 1.82) is 5.26 Å². The molecular formula is C26H47NO2. The number of nitriles is 1. The summed E-state index contributed by atoms with van der Waals surface area (Å²) in [5.41, 5.74) is -0.329. The second-order valence-electron chi connectivity index (χ2n) is 9.87. The van der Waals surface area contributed by atoms with Crippen molar-refractivity contribution in [3.63, 3.8) is 0 Å². The average molecular weight is 406 g/mol. The number of hydrogen-bond acceptors (Lipinski definition) is 2. The summed E-state index contributed by atoms with van der Waals surface area (Å²) >= 11 is 0. The van der Waals surface area contributed by atoms with Gasteiger partial charge in [-0.15, -0.1) is 0 Å². The van der Waals surface area contributed by atoms with Crippen LogP contribution in [0.4, 0.5) is 0 Å². The summed E-state index contributed by atoms with van der Waals surface area (Å²) in [6, 6.07) is 2.62. The van der Waals surface area contributed by atoms with Gasteiger partial charge in [-0.05, 0) is 50.4 Å². The number of carboxylic acid groups (broad SMARTS) is 1. The van der Waals surface area contributed by atoms with Gasteiger partial charge in [0.1, 0.15) is 0 Å². The van der Waals surface area contributed by atoms with Crippen molar-refractivity contribution in [2.45, 2.75) is 130 Å². The first-order valence-electron chi connectivity index (χ1n) is 12.6. The molecule has 1 N–H and O–H groups in total. The molecule has 2 fully saturated rings. The predicted octanol–water partition coefficient (Wildman–Crippen LogP) is 8.13. The molecule has 0 aliphatic heterocycles. The van der Waals surface area contributed by atoms with Crippen LogP contribution in [-0.2, 0) is 4.79 Å². The fourth-order valence-corrected chi connectivity index (χ4v) is 5.58. The fourth-order valence-electron chi connectivity index (χ4n) is 5.58. The highest BCUT2D eigenvalue weighted by molar-refractivity contribution is 5.74. The molecule has 0 unspecified atom stereocenters. The van der Waals surface area contributed by atoms with Gasteiger partial charge in [0.15, 0.2) is 0 Å². The van der Waals surface area contributed by atoms with Crippen LogP contribution in [0.5, 0.6) is 0 Å². The lowest BCUT2D eigenvalue weighted by Crippen LogP contribution is -2.35. The SMILES string of the molecule is CCC(CC)CC1(C#N)CCCCC1.CCC(CC)CC1(C(=O)O)CCCCC1. The molecular weight excluding hydrogens is 358 g/mol. The van der Waals surface area contributed by atoms with E-state index in [2.05, 4.69) is 33.8 Å². The van der Waals surface area contributed by atoms with E-state index in [9.17, 15) is 15.2 Å². The maximum Gasteiger partial charge on any atom is 0.309 e. The minimum atomic E-state index is -0.547. The zero-order chi connectivity index (χ0) is 21.8. The van der Waals surface area contributed by atoms with Crippen molar-refractivity contribution < 1.29 is 9.90 Å². The molecule has 2 saturated carbocycles. The van der Waals surface area contributed by atoms with E-state index < -0.39 is 5.97 Å². The highest BCUT2D eigenvalue weighted by Crippen LogP contribution is 2.43. The summed E-state index contributed by atoms with van der Waals surface area (Å²) in [4.78, 5) is 11.4. The third-order valence-corrected chi connectivity index (χ3v) is 7.98. The summed E-state index contributed by atoms with van der Waals surface area (Å²) in [6.45, 7) is 8.85. The van der Waals surface area contributed by atoms with Crippen LogP contribution in [0.3, 0.4) is 0 Å². The number of aliphatic carboxylic acids is 1. The molecule has 0 aromatic rings. The Morgan fingerprint density at radius 1 is 0.793 bits per heavy atom. The highest BCUT2D eigenvalue weighted by Gasteiger charge is 2.40. The third kappa shape index (κ3) is 7.95. The van der Waals surface area contributed by atoms with E-state index in [1.54, 1.807) is 0 Å². The summed E-state index contributed by atoms with van der Waals surface area (Å²) in [7, 11) is 0. The molecule has 0 amide bonds. The van der Waals surface area contributed by atoms with Crippen molar-refractivity contribution in [3.05, 3.63) is 0 Å². The van der Waals surface area contributed by atoms with Gasteiger partial charge >= 0.3 is 5.97 Å². The number of rotatable bonds is 9. The monoisotopic (exact) mass is 405 g/mol. The Hall–Kier alpha value is -1.04. The minimum absolute atomic E-state index is 0.0505. The first-order valence-corrected chi connectivity index (χ1v) is 12.6. The number of hydrogen-bond donors (Lipinski definition) is 1. The largest absolute Gasteiger partial charge is 0.481 e. The van der Waals surface area contributed by atoms with E-state index in [4.69, 9.17) is 0 Å². The Balaban J connectivity index is 0.000000291. The van der Waals surface area contributed by atoms with Gasteiger partial charge in [-0.3, -0.25) is 4.79 Å². The second kappa shape index (κ2) is 13.3. The van der Waals surface area contributed by atoms with Gasteiger partial charge in [0, 0.05) is 0 Å². The van der Waals surface area contributed by atoms with Crippen LogP contribution in [0.15, 0.2) is 0 Å². The van der Waals surface area contributed by atoms with Gasteiger partial charge in [-0.1, -0.05) is 91.9 Å². The molecule has 0 atom stereocenters. The number of carboxylic acids is 1. The molecule has 2 aliphatic carbocycles. The molecule has 0 radical (unpaired) electrons. The molecule has 0 spiro atoms. The van der Waals surface area contributed by atoms with Gasteiger partial charge in [-0.25, -0.2) is 0 Å². The van der Waals surface area contributed by atoms with E-state index in [1.807, 2.05) is 0 Å². The van der Waals surface area contributed by atoms with Crippen LogP contribution in [0, 0.1) is 34.0 Å². The molecule has 0 bridgehead atoms. The van der Waals surface area contributed by atoms with Crippen molar-refractivity contribution >= 4 is 5.97 Å². The van der Waals surface area contributed by atoms with Crippen LogP contribution in [0.2, 0.25) is 0 Å². The predicted molar refractivity (Wildman–Crippen MR) is 122 cm³/mol. The van der Waals surface area contributed by atoms with Gasteiger partial charge < -0.3 is 5.11 Å². The Bertz CT molecular complexity index is 487. The zero-order valence-electron chi connectivity index (χ0n) is 19.8. The van der Waals surface area contributed by atoms with E-state index in [0.29, 0.717) is 5.92 Å². The van der Waals surface area contributed by atoms with Gasteiger partial charge in [-0.2, -0.15) is 5.26 Å². The summed E-state index contributed by atoms with van der Waals surface area (Å²) in [6.07, 6.45) is 18.2. The van der Waals surface area contributed by atoms with E-state index in [-0.39, 0.29) is 10.8 Å². The van der Waals surface area contributed by atoms with Crippen molar-refractivity contribution in [2.75, 3.05) is 0 Å². The maximum atomic E-state index is 11.4. The lowest BCUT2D eigenvalue weighted by Gasteiger charge is -2.35. The van der Waals surface area contributed by atoms with Crippen LogP contribution < -0.4 is 0 Å². The van der Waals surface area contributed by atoms with E-state index >= 15 is 0 Å². The van der Waals surface area contributed by atoms with Crippen molar-refractivity contribution in [2.24, 2.45) is 22.7 Å². The van der Waals surface area contributed by atoms with E-state index in [0.717, 1.165) is 70.1 Å². The minimum Gasteiger partial charge on any atom is -0.481 e. The summed E-state index contributed by atoms with van der Waals surface area (Å²) in [5.74, 6) is 0.820. The summed E-state index contributed by atoms with van der Waals surface area (Å²) < 4.78 is 0.